The number of hydrogen-bond acceptors (Lipinski definition) is 2. The number of nitrogens with one attached hydrogen (secondary N) is 1. The number of halogens is 2. The van der Waals surface area contributed by atoms with Crippen molar-refractivity contribution in [2.24, 2.45) is 0 Å². The number of anilines is 1. The van der Waals surface area contributed by atoms with Crippen LogP contribution in [0.15, 0.2) is 43.9 Å². The summed E-state index contributed by atoms with van der Waals surface area (Å²) < 4.78 is 7.27. The van der Waals surface area contributed by atoms with Gasteiger partial charge < -0.3 is 9.73 Å². The van der Waals surface area contributed by atoms with E-state index in [1.165, 1.54) is 5.56 Å². The van der Waals surface area contributed by atoms with E-state index in [1.54, 1.807) is 0 Å². The predicted octanol–water partition coefficient (Wildman–Crippen LogP) is 4.73. The molecule has 2 nitrogen and oxygen atoms in total. The summed E-state index contributed by atoms with van der Waals surface area (Å²) >= 11 is 6.84. The summed E-state index contributed by atoms with van der Waals surface area (Å²) in [6.07, 6.45) is 0. The summed E-state index contributed by atoms with van der Waals surface area (Å²) in [6.45, 7) is 2.74. The van der Waals surface area contributed by atoms with Crippen molar-refractivity contribution in [2.75, 3.05) is 5.32 Å². The zero-order valence-electron chi connectivity index (χ0n) is 8.76. The van der Waals surface area contributed by atoms with E-state index in [1.807, 2.05) is 24.3 Å². The Morgan fingerprint density at radius 3 is 2.69 bits per heavy atom. The Balaban J connectivity index is 2.07. The fourth-order valence-corrected chi connectivity index (χ4v) is 2.16. The van der Waals surface area contributed by atoms with Crippen LogP contribution < -0.4 is 5.32 Å². The molecule has 0 aliphatic rings. The van der Waals surface area contributed by atoms with Crippen molar-refractivity contribution in [1.29, 1.82) is 0 Å². The fourth-order valence-electron chi connectivity index (χ4n) is 1.41. The largest absolute Gasteiger partial charge is 0.452 e. The molecule has 2 aromatic rings. The van der Waals surface area contributed by atoms with Crippen molar-refractivity contribution in [3.63, 3.8) is 0 Å². The van der Waals surface area contributed by atoms with Crippen LogP contribution in [0.25, 0.3) is 0 Å². The summed E-state index contributed by atoms with van der Waals surface area (Å²) in [6, 6.07) is 9.97. The lowest BCUT2D eigenvalue weighted by Crippen LogP contribution is -1.99. The first-order chi connectivity index (χ1) is 7.66. The lowest BCUT2D eigenvalue weighted by atomic mass is 10.2. The monoisotopic (exact) mass is 343 g/mol. The third-order valence-electron chi connectivity index (χ3n) is 2.27. The van der Waals surface area contributed by atoms with Gasteiger partial charge in [0.15, 0.2) is 4.67 Å². The average Bonchev–Trinajstić information content (AvgIpc) is 2.67. The quantitative estimate of drug-likeness (QED) is 0.871. The Morgan fingerprint density at radius 1 is 1.19 bits per heavy atom. The molecule has 0 fully saturated rings. The van der Waals surface area contributed by atoms with Crippen LogP contribution in [0, 0.1) is 6.92 Å². The Hall–Kier alpha value is -0.740. The van der Waals surface area contributed by atoms with Crippen LogP contribution in [0.3, 0.4) is 0 Å². The van der Waals surface area contributed by atoms with Crippen LogP contribution in [0.1, 0.15) is 11.3 Å². The second-order valence-electron chi connectivity index (χ2n) is 3.50. The van der Waals surface area contributed by atoms with E-state index in [4.69, 9.17) is 4.42 Å². The Kier molecular flexibility index (Phi) is 3.71. The van der Waals surface area contributed by atoms with E-state index in [0.29, 0.717) is 6.54 Å². The molecule has 0 saturated carbocycles. The maximum atomic E-state index is 5.41. The lowest BCUT2D eigenvalue weighted by Gasteiger charge is -2.08. The fraction of sp³-hybridized carbons (Fsp3) is 0.167. The van der Waals surface area contributed by atoms with Gasteiger partial charge in [0.25, 0.3) is 0 Å². The third-order valence-corrected chi connectivity index (χ3v) is 3.75. The lowest BCUT2D eigenvalue weighted by molar-refractivity contribution is 0.495. The second-order valence-corrected chi connectivity index (χ2v) is 5.07. The predicted molar refractivity (Wildman–Crippen MR) is 72.6 cm³/mol. The van der Waals surface area contributed by atoms with Crippen molar-refractivity contribution in [3.05, 3.63) is 50.8 Å². The number of aryl methyl sites for hydroxylation is 1. The van der Waals surface area contributed by atoms with E-state index < -0.39 is 0 Å². The van der Waals surface area contributed by atoms with Gasteiger partial charge in [-0.25, -0.2) is 0 Å². The minimum atomic E-state index is 0.674. The molecule has 0 unspecified atom stereocenters. The molecule has 4 heteroatoms. The van der Waals surface area contributed by atoms with Gasteiger partial charge in [-0.15, -0.1) is 0 Å². The first-order valence-corrected chi connectivity index (χ1v) is 6.48. The normalized spacial score (nSPS) is 10.4. The second kappa shape index (κ2) is 5.06. The molecule has 0 aliphatic carbocycles. The van der Waals surface area contributed by atoms with Crippen LogP contribution >= 0.6 is 31.9 Å². The first-order valence-electron chi connectivity index (χ1n) is 4.90. The molecular formula is C12H11Br2NO. The van der Waals surface area contributed by atoms with Gasteiger partial charge in [-0.05, 0) is 62.5 Å². The summed E-state index contributed by atoms with van der Waals surface area (Å²) in [7, 11) is 0. The number of furan rings is 1. The molecule has 0 bridgehead atoms. The highest BCUT2D eigenvalue weighted by Crippen LogP contribution is 2.26. The average molecular weight is 345 g/mol. The van der Waals surface area contributed by atoms with Crippen molar-refractivity contribution in [3.8, 4) is 0 Å². The molecule has 0 aliphatic heterocycles. The van der Waals surface area contributed by atoms with Gasteiger partial charge in [-0.1, -0.05) is 12.1 Å². The van der Waals surface area contributed by atoms with E-state index in [9.17, 15) is 0 Å². The Morgan fingerprint density at radius 2 is 2.00 bits per heavy atom. The maximum Gasteiger partial charge on any atom is 0.169 e. The van der Waals surface area contributed by atoms with E-state index in [-0.39, 0.29) is 0 Å². The third kappa shape index (κ3) is 2.68. The summed E-state index contributed by atoms with van der Waals surface area (Å²) in [5.41, 5.74) is 2.29. The standard InChI is InChI=1S/C12H11Br2NO/c1-8-3-2-4-10(12(8)14)15-7-9-5-6-11(13)16-9/h2-6,15H,7H2,1H3. The van der Waals surface area contributed by atoms with Gasteiger partial charge in [0.1, 0.15) is 5.76 Å². The van der Waals surface area contributed by atoms with Crippen LogP contribution in [0.4, 0.5) is 5.69 Å². The van der Waals surface area contributed by atoms with E-state index >= 15 is 0 Å². The molecule has 0 atom stereocenters. The van der Waals surface area contributed by atoms with Gasteiger partial charge in [0, 0.05) is 10.2 Å². The molecule has 1 heterocycles. The molecule has 1 aromatic carbocycles. The van der Waals surface area contributed by atoms with Crippen LogP contribution in [-0.4, -0.2) is 0 Å². The smallest absolute Gasteiger partial charge is 0.169 e. The molecule has 16 heavy (non-hydrogen) atoms. The van der Waals surface area contributed by atoms with Gasteiger partial charge in [-0.2, -0.15) is 0 Å². The Labute approximate surface area is 111 Å². The molecule has 0 radical (unpaired) electrons. The van der Waals surface area contributed by atoms with Gasteiger partial charge in [-0.3, -0.25) is 0 Å². The molecule has 84 valence electrons. The maximum absolute atomic E-state index is 5.41. The topological polar surface area (TPSA) is 25.2 Å². The zero-order chi connectivity index (χ0) is 11.5. The molecule has 1 aromatic heterocycles. The number of benzene rings is 1. The molecule has 2 rings (SSSR count). The summed E-state index contributed by atoms with van der Waals surface area (Å²) in [5.74, 6) is 0.903. The van der Waals surface area contributed by atoms with Crippen molar-refractivity contribution >= 4 is 37.5 Å². The van der Waals surface area contributed by atoms with Crippen molar-refractivity contribution in [2.45, 2.75) is 13.5 Å². The minimum absolute atomic E-state index is 0.674. The molecule has 0 amide bonds. The molecule has 0 spiro atoms. The van der Waals surface area contributed by atoms with E-state index in [0.717, 1.165) is 20.6 Å². The molecular weight excluding hydrogens is 334 g/mol. The zero-order valence-corrected chi connectivity index (χ0v) is 11.9. The van der Waals surface area contributed by atoms with Crippen LogP contribution in [0.5, 0.6) is 0 Å². The highest BCUT2D eigenvalue weighted by atomic mass is 79.9. The van der Waals surface area contributed by atoms with Gasteiger partial charge in [0.05, 0.1) is 6.54 Å². The summed E-state index contributed by atoms with van der Waals surface area (Å²) in [5, 5.41) is 3.32. The van der Waals surface area contributed by atoms with Gasteiger partial charge >= 0.3 is 0 Å². The SMILES string of the molecule is Cc1cccc(NCc2ccc(Br)o2)c1Br. The van der Waals surface area contributed by atoms with Crippen LogP contribution in [-0.2, 0) is 6.54 Å². The highest BCUT2D eigenvalue weighted by Gasteiger charge is 2.03. The van der Waals surface area contributed by atoms with Crippen LogP contribution in [0.2, 0.25) is 0 Å². The van der Waals surface area contributed by atoms with Crippen molar-refractivity contribution in [1.82, 2.24) is 0 Å². The van der Waals surface area contributed by atoms with Crippen molar-refractivity contribution < 1.29 is 4.42 Å². The number of rotatable bonds is 3. The molecule has 1 N–H and O–H groups in total. The van der Waals surface area contributed by atoms with Gasteiger partial charge in [0.2, 0.25) is 0 Å². The Bertz CT molecular complexity index is 494. The highest BCUT2D eigenvalue weighted by molar-refractivity contribution is 9.10. The molecule has 0 saturated heterocycles. The van der Waals surface area contributed by atoms with E-state index in [2.05, 4.69) is 50.2 Å². The first kappa shape index (κ1) is 11.7. The number of hydrogen-bond donors (Lipinski definition) is 1. The minimum Gasteiger partial charge on any atom is -0.452 e. The summed E-state index contributed by atoms with van der Waals surface area (Å²) in [4.78, 5) is 0.